The SMILES string of the molecule is CCNCCCCOC1=C(c2ccccc2)CCC/C1=C\c1ccccc1. The van der Waals surface area contributed by atoms with Gasteiger partial charge in [-0.1, -0.05) is 67.6 Å². The molecule has 0 fully saturated rings. The van der Waals surface area contributed by atoms with Gasteiger partial charge in [0, 0.05) is 5.57 Å². The Kier molecular flexibility index (Phi) is 7.73. The van der Waals surface area contributed by atoms with E-state index in [1.54, 1.807) is 0 Å². The first-order valence-corrected chi connectivity index (χ1v) is 10.3. The number of rotatable bonds is 9. The molecule has 0 atom stereocenters. The third kappa shape index (κ3) is 5.83. The van der Waals surface area contributed by atoms with Crippen LogP contribution in [0, 0.1) is 0 Å². The molecule has 0 radical (unpaired) electrons. The molecule has 0 heterocycles. The minimum Gasteiger partial charge on any atom is -0.493 e. The monoisotopic (exact) mass is 361 g/mol. The smallest absolute Gasteiger partial charge is 0.126 e. The Bertz CT molecular complexity index is 746. The molecule has 0 saturated carbocycles. The third-order valence-corrected chi connectivity index (χ3v) is 4.95. The summed E-state index contributed by atoms with van der Waals surface area (Å²) >= 11 is 0. The number of hydrogen-bond acceptors (Lipinski definition) is 2. The molecule has 3 rings (SSSR count). The van der Waals surface area contributed by atoms with Gasteiger partial charge in [0.15, 0.2) is 0 Å². The molecule has 2 aromatic rings. The molecule has 0 unspecified atom stereocenters. The van der Waals surface area contributed by atoms with Gasteiger partial charge in [-0.3, -0.25) is 0 Å². The van der Waals surface area contributed by atoms with Gasteiger partial charge in [0.2, 0.25) is 0 Å². The second kappa shape index (κ2) is 10.7. The highest BCUT2D eigenvalue weighted by Gasteiger charge is 2.20. The molecule has 0 aromatic heterocycles. The number of unbranched alkanes of at least 4 members (excludes halogenated alkanes) is 1. The maximum atomic E-state index is 6.40. The standard InChI is InChI=1S/C25H31NO/c1-2-26-18-9-10-19-27-25-23(20-21-12-5-3-6-13-21)16-11-17-24(25)22-14-7-4-8-15-22/h3-8,12-15,20,26H,2,9-11,16-19H2,1H3/b23-20+. The van der Waals surface area contributed by atoms with Crippen molar-refractivity contribution in [3.05, 3.63) is 83.1 Å². The van der Waals surface area contributed by atoms with Crippen LogP contribution in [-0.2, 0) is 4.74 Å². The fourth-order valence-corrected chi connectivity index (χ4v) is 3.56. The van der Waals surface area contributed by atoms with Crippen LogP contribution in [0.5, 0.6) is 0 Å². The van der Waals surface area contributed by atoms with Crippen molar-refractivity contribution in [2.75, 3.05) is 19.7 Å². The Morgan fingerprint density at radius 3 is 2.41 bits per heavy atom. The summed E-state index contributed by atoms with van der Waals surface area (Å²) in [5.74, 6) is 1.11. The van der Waals surface area contributed by atoms with Crippen LogP contribution in [0.1, 0.15) is 50.2 Å². The van der Waals surface area contributed by atoms with Gasteiger partial charge in [0.25, 0.3) is 0 Å². The highest BCUT2D eigenvalue weighted by atomic mass is 16.5. The summed E-state index contributed by atoms with van der Waals surface area (Å²) in [4.78, 5) is 0. The maximum absolute atomic E-state index is 6.40. The average Bonchev–Trinajstić information content (AvgIpc) is 2.73. The lowest BCUT2D eigenvalue weighted by Gasteiger charge is -2.24. The zero-order chi connectivity index (χ0) is 18.7. The molecule has 0 saturated heterocycles. The van der Waals surface area contributed by atoms with Gasteiger partial charge in [-0.25, -0.2) is 0 Å². The summed E-state index contributed by atoms with van der Waals surface area (Å²) in [5, 5.41) is 3.38. The Labute approximate surface area is 164 Å². The van der Waals surface area contributed by atoms with Crippen molar-refractivity contribution in [2.24, 2.45) is 0 Å². The lowest BCUT2D eigenvalue weighted by Crippen LogP contribution is -2.14. The lowest BCUT2D eigenvalue weighted by molar-refractivity contribution is 0.211. The first-order chi connectivity index (χ1) is 13.4. The second-order valence-corrected chi connectivity index (χ2v) is 7.02. The third-order valence-electron chi connectivity index (χ3n) is 4.95. The van der Waals surface area contributed by atoms with Crippen LogP contribution in [0.15, 0.2) is 72.0 Å². The normalized spacial score (nSPS) is 16.0. The van der Waals surface area contributed by atoms with E-state index in [-0.39, 0.29) is 0 Å². The van der Waals surface area contributed by atoms with Crippen LogP contribution < -0.4 is 5.32 Å². The van der Waals surface area contributed by atoms with Crippen molar-refractivity contribution in [1.82, 2.24) is 5.32 Å². The van der Waals surface area contributed by atoms with Crippen molar-refractivity contribution >= 4 is 11.6 Å². The lowest BCUT2D eigenvalue weighted by atomic mass is 9.88. The summed E-state index contributed by atoms with van der Waals surface area (Å²) < 4.78 is 6.40. The van der Waals surface area contributed by atoms with E-state index in [1.165, 1.54) is 28.7 Å². The molecule has 27 heavy (non-hydrogen) atoms. The van der Waals surface area contributed by atoms with Gasteiger partial charge >= 0.3 is 0 Å². The Hall–Kier alpha value is -2.32. The van der Waals surface area contributed by atoms with Gasteiger partial charge in [-0.2, -0.15) is 0 Å². The average molecular weight is 362 g/mol. The largest absolute Gasteiger partial charge is 0.493 e. The van der Waals surface area contributed by atoms with Crippen molar-refractivity contribution < 1.29 is 4.74 Å². The minimum absolute atomic E-state index is 0.781. The summed E-state index contributed by atoms with van der Waals surface area (Å²) in [6.07, 6.45) is 7.88. The van der Waals surface area contributed by atoms with E-state index in [0.29, 0.717) is 0 Å². The molecule has 0 amide bonds. The predicted octanol–water partition coefficient (Wildman–Crippen LogP) is 6.07. The molecular weight excluding hydrogens is 330 g/mol. The Morgan fingerprint density at radius 2 is 1.67 bits per heavy atom. The molecule has 2 aromatic carbocycles. The Morgan fingerprint density at radius 1 is 0.926 bits per heavy atom. The van der Waals surface area contributed by atoms with E-state index in [4.69, 9.17) is 4.74 Å². The van der Waals surface area contributed by atoms with Crippen LogP contribution in [-0.4, -0.2) is 19.7 Å². The minimum atomic E-state index is 0.781. The molecule has 0 spiro atoms. The van der Waals surface area contributed by atoms with Crippen molar-refractivity contribution in [1.29, 1.82) is 0 Å². The van der Waals surface area contributed by atoms with E-state index in [9.17, 15) is 0 Å². The quantitative estimate of drug-likeness (QED) is 0.547. The highest BCUT2D eigenvalue weighted by Crippen LogP contribution is 2.37. The zero-order valence-corrected chi connectivity index (χ0v) is 16.4. The zero-order valence-electron chi connectivity index (χ0n) is 16.4. The fraction of sp³-hybridized carbons (Fsp3) is 0.360. The van der Waals surface area contributed by atoms with Crippen LogP contribution in [0.4, 0.5) is 0 Å². The molecule has 0 bridgehead atoms. The van der Waals surface area contributed by atoms with Gasteiger partial charge in [-0.05, 0) is 68.0 Å². The molecule has 1 N–H and O–H groups in total. The van der Waals surface area contributed by atoms with E-state index in [1.807, 2.05) is 0 Å². The topological polar surface area (TPSA) is 21.3 Å². The van der Waals surface area contributed by atoms with Gasteiger partial charge < -0.3 is 10.1 Å². The molecule has 2 nitrogen and oxygen atoms in total. The van der Waals surface area contributed by atoms with Gasteiger partial charge in [-0.15, -0.1) is 0 Å². The van der Waals surface area contributed by atoms with Crippen LogP contribution in [0.3, 0.4) is 0 Å². The highest BCUT2D eigenvalue weighted by molar-refractivity contribution is 5.75. The van der Waals surface area contributed by atoms with Crippen molar-refractivity contribution in [2.45, 2.75) is 39.0 Å². The van der Waals surface area contributed by atoms with Gasteiger partial charge in [0.05, 0.1) is 6.61 Å². The van der Waals surface area contributed by atoms with Crippen molar-refractivity contribution in [3.63, 3.8) is 0 Å². The van der Waals surface area contributed by atoms with E-state index >= 15 is 0 Å². The number of allylic oxidation sites excluding steroid dienone is 2. The summed E-state index contributed by atoms with van der Waals surface area (Å²) in [5.41, 5.74) is 5.22. The van der Waals surface area contributed by atoms with Crippen LogP contribution in [0.25, 0.3) is 11.6 Å². The molecule has 142 valence electrons. The number of nitrogens with one attached hydrogen (secondary N) is 1. The van der Waals surface area contributed by atoms with Crippen LogP contribution >= 0.6 is 0 Å². The van der Waals surface area contributed by atoms with E-state index in [2.05, 4.69) is 79.0 Å². The number of ether oxygens (including phenoxy) is 1. The van der Waals surface area contributed by atoms with Gasteiger partial charge in [0.1, 0.15) is 5.76 Å². The number of benzene rings is 2. The van der Waals surface area contributed by atoms with Crippen LogP contribution in [0.2, 0.25) is 0 Å². The predicted molar refractivity (Wildman–Crippen MR) is 115 cm³/mol. The molecule has 1 aliphatic rings. The van der Waals surface area contributed by atoms with E-state index < -0.39 is 0 Å². The first-order valence-electron chi connectivity index (χ1n) is 10.3. The fourth-order valence-electron chi connectivity index (χ4n) is 3.56. The summed E-state index contributed by atoms with van der Waals surface area (Å²) in [6, 6.07) is 21.3. The molecular formula is C25H31NO. The Balaban J connectivity index is 1.82. The summed E-state index contributed by atoms with van der Waals surface area (Å²) in [7, 11) is 0. The molecule has 0 aliphatic heterocycles. The van der Waals surface area contributed by atoms with Crippen molar-refractivity contribution in [3.8, 4) is 0 Å². The molecule has 2 heteroatoms. The molecule has 1 aliphatic carbocycles. The first kappa shape index (κ1) is 19.4. The maximum Gasteiger partial charge on any atom is 0.126 e. The second-order valence-electron chi connectivity index (χ2n) is 7.02. The summed E-state index contributed by atoms with van der Waals surface area (Å²) in [6.45, 7) is 5.03. The van der Waals surface area contributed by atoms with E-state index in [0.717, 1.165) is 51.1 Å². The number of hydrogen-bond donors (Lipinski definition) is 1.